The second-order valence-electron chi connectivity index (χ2n) is 7.27. The van der Waals surface area contributed by atoms with Gasteiger partial charge in [-0.05, 0) is 49.3 Å². The Labute approximate surface area is 146 Å². The Bertz CT molecular complexity index is 992. The highest BCUT2D eigenvalue weighted by atomic mass is 16.1. The number of hydrogen-bond donors (Lipinski definition) is 1. The van der Waals surface area contributed by atoms with E-state index in [0.717, 1.165) is 13.0 Å². The lowest BCUT2D eigenvalue weighted by atomic mass is 9.95. The Kier molecular flexibility index (Phi) is 3.02. The number of hydrogen-bond acceptors (Lipinski definition) is 3. The van der Waals surface area contributed by atoms with E-state index in [4.69, 9.17) is 0 Å². The van der Waals surface area contributed by atoms with E-state index in [9.17, 15) is 4.79 Å². The second-order valence-corrected chi connectivity index (χ2v) is 7.27. The zero-order valence-electron chi connectivity index (χ0n) is 14.2. The van der Waals surface area contributed by atoms with E-state index >= 15 is 0 Å². The van der Waals surface area contributed by atoms with Gasteiger partial charge in [0.2, 0.25) is 0 Å². The number of carbonyl (C=O) groups excluding carboxylic acids is 1. The molecule has 1 spiro atoms. The van der Waals surface area contributed by atoms with Gasteiger partial charge in [0.25, 0.3) is 5.91 Å². The number of aryl methyl sites for hydroxylation is 2. The average molecular weight is 332 g/mol. The van der Waals surface area contributed by atoms with Crippen molar-refractivity contribution in [2.24, 2.45) is 5.92 Å². The molecule has 0 saturated heterocycles. The van der Waals surface area contributed by atoms with E-state index in [-0.39, 0.29) is 5.91 Å². The first-order valence-corrected chi connectivity index (χ1v) is 8.85. The molecule has 0 unspecified atom stereocenters. The zero-order valence-corrected chi connectivity index (χ0v) is 14.2. The van der Waals surface area contributed by atoms with Gasteiger partial charge >= 0.3 is 0 Å². The number of nitrogens with one attached hydrogen (secondary N) is 1. The Morgan fingerprint density at radius 2 is 2.24 bits per heavy atom. The van der Waals surface area contributed by atoms with E-state index < -0.39 is 0 Å². The zero-order chi connectivity index (χ0) is 17.0. The van der Waals surface area contributed by atoms with E-state index in [1.807, 2.05) is 19.2 Å². The molecule has 3 aromatic rings. The smallest absolute Gasteiger partial charge is 0.257 e. The lowest BCUT2D eigenvalue weighted by Gasteiger charge is -2.12. The lowest BCUT2D eigenvalue weighted by molar-refractivity contribution is 0.0952. The largest absolute Gasteiger partial charge is 0.352 e. The van der Waals surface area contributed by atoms with Crippen LogP contribution in [0.25, 0.3) is 5.65 Å². The van der Waals surface area contributed by atoms with Gasteiger partial charge in [0.05, 0.1) is 5.69 Å². The summed E-state index contributed by atoms with van der Waals surface area (Å²) in [7, 11) is 0. The SMILES string of the molecule is Cc1nn2cccnc2c1C(=O)NC[C@@H]1C[C@]12CCc1ccccc12. The predicted octanol–water partition coefficient (Wildman–Crippen LogP) is 2.67. The number of amides is 1. The average Bonchev–Trinajstić information content (AvgIpc) is 3.04. The summed E-state index contributed by atoms with van der Waals surface area (Å²) in [5.74, 6) is 0.467. The number of benzene rings is 1. The van der Waals surface area contributed by atoms with Crippen LogP contribution in [0.2, 0.25) is 0 Å². The van der Waals surface area contributed by atoms with E-state index in [2.05, 4.69) is 39.7 Å². The summed E-state index contributed by atoms with van der Waals surface area (Å²) in [6.45, 7) is 2.58. The molecule has 1 N–H and O–H groups in total. The van der Waals surface area contributed by atoms with Gasteiger partial charge in [-0.15, -0.1) is 0 Å². The van der Waals surface area contributed by atoms with E-state index in [1.165, 1.54) is 24.0 Å². The molecule has 25 heavy (non-hydrogen) atoms. The van der Waals surface area contributed by atoms with Gasteiger partial charge in [0, 0.05) is 24.4 Å². The molecular weight excluding hydrogens is 312 g/mol. The van der Waals surface area contributed by atoms with Crippen molar-refractivity contribution in [3.8, 4) is 0 Å². The molecule has 2 aliphatic carbocycles. The van der Waals surface area contributed by atoms with Crippen LogP contribution in [0.5, 0.6) is 0 Å². The molecular formula is C20H20N4O. The molecule has 2 atom stereocenters. The normalized spacial score (nSPS) is 23.8. The molecule has 2 aromatic heterocycles. The Morgan fingerprint density at radius 3 is 3.16 bits per heavy atom. The Hall–Kier alpha value is -2.69. The fraction of sp³-hybridized carbons (Fsp3) is 0.350. The van der Waals surface area contributed by atoms with Gasteiger partial charge in [-0.25, -0.2) is 9.50 Å². The van der Waals surface area contributed by atoms with Gasteiger partial charge in [0.1, 0.15) is 5.56 Å². The summed E-state index contributed by atoms with van der Waals surface area (Å²) in [4.78, 5) is 17.0. The van der Waals surface area contributed by atoms with Gasteiger partial charge in [-0.3, -0.25) is 4.79 Å². The van der Waals surface area contributed by atoms with Crippen LogP contribution in [0.15, 0.2) is 42.7 Å². The summed E-state index contributed by atoms with van der Waals surface area (Å²) >= 11 is 0. The van der Waals surface area contributed by atoms with Gasteiger partial charge in [-0.2, -0.15) is 5.10 Å². The summed E-state index contributed by atoms with van der Waals surface area (Å²) in [5, 5.41) is 7.50. The van der Waals surface area contributed by atoms with Crippen molar-refractivity contribution >= 4 is 11.6 Å². The van der Waals surface area contributed by atoms with Crippen molar-refractivity contribution in [3.63, 3.8) is 0 Å². The number of carbonyl (C=O) groups is 1. The highest BCUT2D eigenvalue weighted by Crippen LogP contribution is 2.61. The van der Waals surface area contributed by atoms with Crippen molar-refractivity contribution in [2.75, 3.05) is 6.54 Å². The van der Waals surface area contributed by atoms with Crippen molar-refractivity contribution in [1.29, 1.82) is 0 Å². The molecule has 2 aliphatic rings. The first kappa shape index (κ1) is 14.6. The first-order chi connectivity index (χ1) is 12.2. The molecule has 5 rings (SSSR count). The standard InChI is InChI=1S/C20H20N4O/c1-13-17(18-21-9-4-10-24(18)23-13)19(25)22-12-15-11-20(15)8-7-14-5-2-3-6-16(14)20/h2-6,9-10,15H,7-8,11-12H2,1H3,(H,22,25)/t15-,20+/m0/s1. The van der Waals surface area contributed by atoms with Crippen LogP contribution in [-0.2, 0) is 11.8 Å². The monoisotopic (exact) mass is 332 g/mol. The van der Waals surface area contributed by atoms with Crippen LogP contribution in [0, 0.1) is 12.8 Å². The second kappa shape index (κ2) is 5.15. The minimum absolute atomic E-state index is 0.0699. The summed E-state index contributed by atoms with van der Waals surface area (Å²) in [6, 6.07) is 10.6. The van der Waals surface area contributed by atoms with Gasteiger partial charge < -0.3 is 5.32 Å². The minimum atomic E-state index is -0.0699. The maximum Gasteiger partial charge on any atom is 0.257 e. The molecule has 2 heterocycles. The number of rotatable bonds is 3. The van der Waals surface area contributed by atoms with Crippen LogP contribution in [0.1, 0.15) is 40.0 Å². The summed E-state index contributed by atoms with van der Waals surface area (Å²) in [5.41, 5.74) is 5.21. The van der Waals surface area contributed by atoms with E-state index in [0.29, 0.717) is 28.2 Å². The molecule has 1 amide bonds. The van der Waals surface area contributed by atoms with Crippen LogP contribution in [0.4, 0.5) is 0 Å². The third-order valence-electron chi connectivity index (χ3n) is 5.93. The molecule has 1 saturated carbocycles. The topological polar surface area (TPSA) is 59.3 Å². The lowest BCUT2D eigenvalue weighted by Crippen LogP contribution is -2.28. The van der Waals surface area contributed by atoms with Crippen molar-refractivity contribution < 1.29 is 4.79 Å². The third kappa shape index (κ3) is 2.11. The molecule has 1 fully saturated rings. The molecule has 0 aliphatic heterocycles. The van der Waals surface area contributed by atoms with Crippen molar-refractivity contribution in [1.82, 2.24) is 19.9 Å². The van der Waals surface area contributed by atoms with Gasteiger partial charge in [0.15, 0.2) is 5.65 Å². The predicted molar refractivity (Wildman–Crippen MR) is 94.6 cm³/mol. The molecule has 5 nitrogen and oxygen atoms in total. The third-order valence-corrected chi connectivity index (χ3v) is 5.93. The van der Waals surface area contributed by atoms with Gasteiger partial charge in [-0.1, -0.05) is 24.3 Å². The van der Waals surface area contributed by atoms with Crippen LogP contribution in [-0.4, -0.2) is 27.0 Å². The van der Waals surface area contributed by atoms with Crippen LogP contribution >= 0.6 is 0 Å². The van der Waals surface area contributed by atoms with E-state index in [1.54, 1.807) is 10.7 Å². The fourth-order valence-electron chi connectivity index (χ4n) is 4.57. The maximum absolute atomic E-state index is 12.7. The summed E-state index contributed by atoms with van der Waals surface area (Å²) < 4.78 is 1.66. The number of fused-ring (bicyclic) bond motifs is 3. The highest BCUT2D eigenvalue weighted by molar-refractivity contribution is 6.01. The first-order valence-electron chi connectivity index (χ1n) is 8.85. The van der Waals surface area contributed by atoms with Crippen LogP contribution < -0.4 is 5.32 Å². The number of nitrogens with zero attached hydrogens (tertiary/aromatic N) is 3. The fourth-order valence-corrected chi connectivity index (χ4v) is 4.57. The summed E-state index contributed by atoms with van der Waals surface area (Å²) in [6.07, 6.45) is 7.06. The van der Waals surface area contributed by atoms with Crippen molar-refractivity contribution in [2.45, 2.75) is 31.6 Å². The quantitative estimate of drug-likeness (QED) is 0.802. The number of aromatic nitrogens is 3. The molecule has 1 aromatic carbocycles. The Morgan fingerprint density at radius 1 is 1.36 bits per heavy atom. The highest BCUT2D eigenvalue weighted by Gasteiger charge is 2.57. The molecule has 5 heteroatoms. The van der Waals surface area contributed by atoms with Crippen LogP contribution in [0.3, 0.4) is 0 Å². The Balaban J connectivity index is 1.33. The molecule has 0 radical (unpaired) electrons. The minimum Gasteiger partial charge on any atom is -0.352 e. The van der Waals surface area contributed by atoms with Crippen molar-refractivity contribution in [3.05, 3.63) is 65.1 Å². The molecule has 126 valence electrons. The maximum atomic E-state index is 12.7. The molecule has 0 bridgehead atoms.